The molecule has 2 aliphatic rings. The number of carbonyl (C=O) groups is 1. The van der Waals surface area contributed by atoms with Gasteiger partial charge in [0.1, 0.15) is 11.4 Å². The smallest absolute Gasteiger partial charge is 0.287 e. The van der Waals surface area contributed by atoms with E-state index in [-0.39, 0.29) is 41.5 Å². The van der Waals surface area contributed by atoms with Gasteiger partial charge in [0.15, 0.2) is 11.7 Å². The van der Waals surface area contributed by atoms with E-state index in [1.165, 1.54) is 24.7 Å². The Morgan fingerprint density at radius 2 is 1.90 bits per heavy atom. The number of furan rings is 1. The van der Waals surface area contributed by atoms with E-state index < -0.39 is 0 Å². The molecule has 1 aromatic carbocycles. The molecule has 1 aliphatic heterocycles. The van der Waals surface area contributed by atoms with E-state index in [4.69, 9.17) is 9.15 Å². The lowest BCUT2D eigenvalue weighted by Crippen LogP contribution is -2.47. The van der Waals surface area contributed by atoms with Crippen LogP contribution in [0.3, 0.4) is 0 Å². The summed E-state index contributed by atoms with van der Waals surface area (Å²) in [4.78, 5) is 16.3. The second-order valence-corrected chi connectivity index (χ2v) is 7.66. The molecule has 1 fully saturated rings. The largest absolute Gasteiger partial charge is 0.487 e. The van der Waals surface area contributed by atoms with Gasteiger partial charge in [0.2, 0.25) is 0 Å². The van der Waals surface area contributed by atoms with Gasteiger partial charge >= 0.3 is 0 Å². The molecule has 2 heterocycles. The number of guanidine groups is 1. The molecule has 30 heavy (non-hydrogen) atoms. The lowest BCUT2D eigenvalue weighted by Gasteiger charge is -2.40. The summed E-state index contributed by atoms with van der Waals surface area (Å²) in [6.45, 7) is 1.02. The molecule has 1 unspecified atom stereocenters. The van der Waals surface area contributed by atoms with E-state index in [0.717, 1.165) is 25.0 Å². The van der Waals surface area contributed by atoms with Crippen LogP contribution >= 0.6 is 24.0 Å². The molecule has 1 aliphatic carbocycles. The van der Waals surface area contributed by atoms with Gasteiger partial charge in [0.05, 0.1) is 12.3 Å². The molecule has 0 radical (unpaired) electrons. The second-order valence-electron chi connectivity index (χ2n) is 7.66. The van der Waals surface area contributed by atoms with Gasteiger partial charge in [-0.25, -0.2) is 0 Å². The van der Waals surface area contributed by atoms with Gasteiger partial charge in [0, 0.05) is 32.1 Å². The third-order valence-electron chi connectivity index (χ3n) is 5.69. The monoisotopic (exact) mass is 524 g/mol. The molecule has 4 rings (SSSR count). The van der Waals surface area contributed by atoms with Gasteiger partial charge in [0.25, 0.3) is 5.91 Å². The molecule has 2 aromatic rings. The molecule has 1 amide bonds. The van der Waals surface area contributed by atoms with E-state index >= 15 is 0 Å². The van der Waals surface area contributed by atoms with Crippen LogP contribution in [0.2, 0.25) is 0 Å². The molecular formula is C22H29IN4O3. The van der Waals surface area contributed by atoms with Crippen LogP contribution in [0, 0.1) is 0 Å². The van der Waals surface area contributed by atoms with Crippen molar-refractivity contribution in [2.24, 2.45) is 4.99 Å². The number of hydrogen-bond acceptors (Lipinski definition) is 4. The van der Waals surface area contributed by atoms with Crippen molar-refractivity contribution in [2.75, 3.05) is 20.1 Å². The van der Waals surface area contributed by atoms with Crippen molar-refractivity contribution in [2.45, 2.75) is 43.7 Å². The Morgan fingerprint density at radius 1 is 1.13 bits per heavy atom. The zero-order valence-electron chi connectivity index (χ0n) is 17.1. The minimum Gasteiger partial charge on any atom is -0.487 e. The second kappa shape index (κ2) is 10.2. The van der Waals surface area contributed by atoms with Gasteiger partial charge in [-0.3, -0.25) is 9.79 Å². The van der Waals surface area contributed by atoms with Crippen molar-refractivity contribution in [1.82, 2.24) is 16.0 Å². The maximum absolute atomic E-state index is 11.9. The predicted molar refractivity (Wildman–Crippen MR) is 127 cm³/mol. The molecule has 1 spiro atoms. The Labute approximate surface area is 194 Å². The van der Waals surface area contributed by atoms with Crippen LogP contribution in [-0.4, -0.2) is 37.6 Å². The Balaban J connectivity index is 0.00000256. The lowest BCUT2D eigenvalue weighted by molar-refractivity contribution is 0.0396. The maximum atomic E-state index is 11.9. The van der Waals surface area contributed by atoms with E-state index in [0.29, 0.717) is 24.8 Å². The fourth-order valence-electron chi connectivity index (χ4n) is 4.28. The first kappa shape index (κ1) is 22.5. The fraction of sp³-hybridized carbons (Fsp3) is 0.455. The van der Waals surface area contributed by atoms with Crippen molar-refractivity contribution in [3.63, 3.8) is 0 Å². The zero-order valence-corrected chi connectivity index (χ0v) is 19.5. The summed E-state index contributed by atoms with van der Waals surface area (Å²) < 4.78 is 11.5. The van der Waals surface area contributed by atoms with Crippen molar-refractivity contribution < 1.29 is 13.9 Å². The Morgan fingerprint density at radius 3 is 2.63 bits per heavy atom. The molecule has 1 aromatic heterocycles. The summed E-state index contributed by atoms with van der Waals surface area (Å²) >= 11 is 0. The normalized spacial score (nSPS) is 19.4. The van der Waals surface area contributed by atoms with Crippen molar-refractivity contribution in [1.29, 1.82) is 0 Å². The van der Waals surface area contributed by atoms with Gasteiger partial charge in [-0.15, -0.1) is 24.0 Å². The van der Waals surface area contributed by atoms with Crippen LogP contribution in [0.5, 0.6) is 5.75 Å². The molecule has 3 N–H and O–H groups in total. The molecule has 8 heteroatoms. The number of nitrogens with zero attached hydrogens (tertiary/aromatic N) is 1. The van der Waals surface area contributed by atoms with Crippen molar-refractivity contribution in [3.05, 3.63) is 54.0 Å². The maximum Gasteiger partial charge on any atom is 0.287 e. The highest BCUT2D eigenvalue weighted by Crippen LogP contribution is 2.46. The molecule has 1 atom stereocenters. The number of nitrogens with one attached hydrogen (secondary N) is 3. The van der Waals surface area contributed by atoms with E-state index in [2.05, 4.69) is 33.1 Å². The number of hydrogen-bond donors (Lipinski definition) is 3. The van der Waals surface area contributed by atoms with E-state index in [1.807, 2.05) is 12.1 Å². The highest BCUT2D eigenvalue weighted by atomic mass is 127. The van der Waals surface area contributed by atoms with Crippen LogP contribution in [0.25, 0.3) is 0 Å². The summed E-state index contributed by atoms with van der Waals surface area (Å²) in [5.74, 6) is 1.78. The average Bonchev–Trinajstić information content (AvgIpc) is 3.42. The molecule has 0 saturated heterocycles. The standard InChI is InChI=1S/C22H28N4O3.HI/c1-23-21(25-13-12-24-20(27)19-9-6-14-28-19)26-17-15-22(10-4-5-11-22)29-18-8-3-2-7-16(17)18;/h2-3,6-9,14,17H,4-5,10-13,15H2,1H3,(H,24,27)(H2,23,25,26);1H. The van der Waals surface area contributed by atoms with Crippen molar-refractivity contribution >= 4 is 35.8 Å². The molecule has 0 bridgehead atoms. The van der Waals surface area contributed by atoms with Crippen LogP contribution in [0.4, 0.5) is 0 Å². The quantitative estimate of drug-likeness (QED) is 0.241. The summed E-state index contributed by atoms with van der Waals surface area (Å²) in [5.41, 5.74) is 1.10. The van der Waals surface area contributed by atoms with E-state index in [1.54, 1.807) is 19.2 Å². The average molecular weight is 524 g/mol. The number of aliphatic imine (C=N–C) groups is 1. The molecule has 1 saturated carbocycles. The van der Waals surface area contributed by atoms with Gasteiger partial charge < -0.3 is 25.1 Å². The van der Waals surface area contributed by atoms with Crippen LogP contribution in [0.15, 0.2) is 52.1 Å². The Kier molecular flexibility index (Phi) is 7.63. The van der Waals surface area contributed by atoms with Crippen LogP contribution in [0.1, 0.15) is 54.3 Å². The van der Waals surface area contributed by atoms with Crippen molar-refractivity contribution in [3.8, 4) is 5.75 Å². The van der Waals surface area contributed by atoms with Gasteiger partial charge in [-0.2, -0.15) is 0 Å². The summed E-state index contributed by atoms with van der Waals surface area (Å²) in [5, 5.41) is 9.66. The predicted octanol–water partition coefficient (Wildman–Crippen LogP) is 3.63. The molecular weight excluding hydrogens is 495 g/mol. The Hall–Kier alpha value is -2.23. The topological polar surface area (TPSA) is 87.9 Å². The minimum absolute atomic E-state index is 0. The zero-order chi connectivity index (χ0) is 20.1. The van der Waals surface area contributed by atoms with Gasteiger partial charge in [-0.05, 0) is 43.9 Å². The number of para-hydroxylation sites is 1. The first-order valence-electron chi connectivity index (χ1n) is 10.3. The number of carbonyl (C=O) groups excluding carboxylic acids is 1. The highest BCUT2D eigenvalue weighted by Gasteiger charge is 2.43. The minimum atomic E-state index is -0.221. The third kappa shape index (κ3) is 5.08. The van der Waals surface area contributed by atoms with E-state index in [9.17, 15) is 4.79 Å². The number of rotatable bonds is 5. The van der Waals surface area contributed by atoms with Crippen LogP contribution < -0.4 is 20.7 Å². The number of amides is 1. The van der Waals surface area contributed by atoms with Gasteiger partial charge in [-0.1, -0.05) is 18.2 Å². The number of benzene rings is 1. The third-order valence-corrected chi connectivity index (χ3v) is 5.69. The SMILES string of the molecule is CN=C(NCCNC(=O)c1ccco1)NC1CC2(CCCC2)Oc2ccccc21.I. The molecule has 162 valence electrons. The Bertz CT molecular complexity index is 863. The number of ether oxygens (including phenoxy) is 1. The summed E-state index contributed by atoms with van der Waals surface area (Å²) in [6.07, 6.45) is 7.06. The highest BCUT2D eigenvalue weighted by molar-refractivity contribution is 14.0. The number of fused-ring (bicyclic) bond motifs is 1. The first-order chi connectivity index (χ1) is 14.2. The lowest BCUT2D eigenvalue weighted by atomic mass is 9.86. The van der Waals surface area contributed by atoms with Crippen LogP contribution in [-0.2, 0) is 0 Å². The fourth-order valence-corrected chi connectivity index (χ4v) is 4.28. The molecule has 7 nitrogen and oxygen atoms in total. The summed E-state index contributed by atoms with van der Waals surface area (Å²) in [6, 6.07) is 11.7. The summed E-state index contributed by atoms with van der Waals surface area (Å²) in [7, 11) is 1.76. The number of halogens is 1. The first-order valence-corrected chi connectivity index (χ1v) is 10.3.